The number of esters is 1. The van der Waals surface area contributed by atoms with Gasteiger partial charge in [-0.05, 0) is 40.0 Å². The summed E-state index contributed by atoms with van der Waals surface area (Å²) in [4.78, 5) is 14.0. The summed E-state index contributed by atoms with van der Waals surface area (Å²) in [5, 5.41) is 0. The number of carbonyl (C=O) groups excluding carboxylic acids is 1. The van der Waals surface area contributed by atoms with Gasteiger partial charge in [0.2, 0.25) is 0 Å². The summed E-state index contributed by atoms with van der Waals surface area (Å²) in [5.74, 6) is -0.140. The first-order valence-corrected chi connectivity index (χ1v) is 9.35. The monoisotopic (exact) mass is 347 g/mol. The first kappa shape index (κ1) is 23.3. The highest BCUT2D eigenvalue weighted by Gasteiger charge is 2.07. The molecule has 0 saturated carbocycles. The smallest absolute Gasteiger partial charge is 0.305 e. The Labute approximate surface area is 147 Å². The van der Waals surface area contributed by atoms with Crippen molar-refractivity contribution >= 4 is 5.97 Å². The molecule has 0 aromatic rings. The minimum Gasteiger partial charge on any atom is -0.464 e. The van der Waals surface area contributed by atoms with Gasteiger partial charge in [-0.2, -0.15) is 0 Å². The van der Waals surface area contributed by atoms with Crippen LogP contribution >= 0.6 is 0 Å². The maximum Gasteiger partial charge on any atom is 0.305 e. The third-order valence-corrected chi connectivity index (χ3v) is 3.48. The van der Waals surface area contributed by atoms with E-state index in [1.165, 1.54) is 0 Å². The topological polar surface area (TPSA) is 57.2 Å². The maximum atomic E-state index is 11.6. The van der Waals surface area contributed by atoms with Crippen molar-refractivity contribution in [1.82, 2.24) is 4.90 Å². The molecule has 0 aliphatic rings. The summed E-state index contributed by atoms with van der Waals surface area (Å²) in [6.07, 6.45) is 3.13. The second-order valence-corrected chi connectivity index (χ2v) is 5.46. The van der Waals surface area contributed by atoms with Crippen LogP contribution in [0.2, 0.25) is 0 Å². The lowest BCUT2D eigenvalue weighted by atomic mass is 10.3. The predicted octanol–water partition coefficient (Wildman–Crippen LogP) is 2.50. The van der Waals surface area contributed by atoms with E-state index in [1.54, 1.807) is 0 Å². The van der Waals surface area contributed by atoms with Gasteiger partial charge in [-0.25, -0.2) is 0 Å². The van der Waals surface area contributed by atoms with Crippen LogP contribution in [0.4, 0.5) is 0 Å². The molecule has 0 aliphatic heterocycles. The Hall–Kier alpha value is -0.690. The molecule has 0 fully saturated rings. The highest BCUT2D eigenvalue weighted by atomic mass is 16.5. The molecule has 0 saturated heterocycles. The summed E-state index contributed by atoms with van der Waals surface area (Å²) >= 11 is 0. The Morgan fingerprint density at radius 3 is 1.71 bits per heavy atom. The fraction of sp³-hybridized carbons (Fsp3) is 0.944. The standard InChI is InChI=1S/C18H37NO5/c1-4-21-14-7-10-18(20)24-17-13-19(11-8-15-22-5-2)12-9-16-23-6-3/h4-17H2,1-3H3. The molecule has 0 rings (SSSR count). The van der Waals surface area contributed by atoms with E-state index in [0.29, 0.717) is 26.2 Å². The van der Waals surface area contributed by atoms with Crippen molar-refractivity contribution in [3.8, 4) is 0 Å². The molecular weight excluding hydrogens is 310 g/mol. The van der Waals surface area contributed by atoms with Gasteiger partial charge in [-0.1, -0.05) is 0 Å². The van der Waals surface area contributed by atoms with Crippen molar-refractivity contribution in [2.24, 2.45) is 0 Å². The predicted molar refractivity (Wildman–Crippen MR) is 95.3 cm³/mol. The zero-order valence-electron chi connectivity index (χ0n) is 15.9. The lowest BCUT2D eigenvalue weighted by Gasteiger charge is -2.22. The van der Waals surface area contributed by atoms with Crippen LogP contribution in [-0.2, 0) is 23.7 Å². The molecule has 24 heavy (non-hydrogen) atoms. The highest BCUT2D eigenvalue weighted by molar-refractivity contribution is 5.69. The number of nitrogens with zero attached hydrogens (tertiary/aromatic N) is 1. The minimum absolute atomic E-state index is 0.140. The van der Waals surface area contributed by atoms with Crippen LogP contribution in [0.5, 0.6) is 0 Å². The first-order chi connectivity index (χ1) is 11.7. The fourth-order valence-corrected chi connectivity index (χ4v) is 2.23. The van der Waals surface area contributed by atoms with E-state index in [2.05, 4.69) is 4.90 Å². The Bertz CT molecular complexity index is 264. The van der Waals surface area contributed by atoms with Crippen molar-refractivity contribution < 1.29 is 23.7 Å². The van der Waals surface area contributed by atoms with E-state index in [0.717, 1.165) is 65.3 Å². The largest absolute Gasteiger partial charge is 0.464 e. The van der Waals surface area contributed by atoms with Gasteiger partial charge in [-0.3, -0.25) is 9.69 Å². The molecule has 0 aromatic carbocycles. The molecule has 0 aliphatic carbocycles. The Morgan fingerprint density at radius 1 is 0.708 bits per heavy atom. The molecule has 6 heteroatoms. The highest BCUT2D eigenvalue weighted by Crippen LogP contribution is 1.99. The zero-order valence-corrected chi connectivity index (χ0v) is 15.9. The number of hydrogen-bond donors (Lipinski definition) is 0. The molecule has 144 valence electrons. The molecule has 0 aromatic heterocycles. The van der Waals surface area contributed by atoms with Gasteiger partial charge in [0.15, 0.2) is 0 Å². The third kappa shape index (κ3) is 16.2. The van der Waals surface area contributed by atoms with Crippen molar-refractivity contribution in [3.05, 3.63) is 0 Å². The molecule has 0 bridgehead atoms. The van der Waals surface area contributed by atoms with Gasteiger partial charge in [0, 0.05) is 65.7 Å². The van der Waals surface area contributed by atoms with Gasteiger partial charge in [0.25, 0.3) is 0 Å². The SMILES string of the molecule is CCOCCCC(=O)OCCN(CCCOCC)CCCOCC. The summed E-state index contributed by atoms with van der Waals surface area (Å²) in [7, 11) is 0. The number of ether oxygens (including phenoxy) is 4. The average molecular weight is 347 g/mol. The number of rotatable bonds is 18. The van der Waals surface area contributed by atoms with E-state index in [9.17, 15) is 4.79 Å². The second-order valence-electron chi connectivity index (χ2n) is 5.46. The van der Waals surface area contributed by atoms with E-state index >= 15 is 0 Å². The van der Waals surface area contributed by atoms with Gasteiger partial charge in [0.05, 0.1) is 0 Å². The molecular formula is C18H37NO5. The van der Waals surface area contributed by atoms with Crippen LogP contribution in [0.25, 0.3) is 0 Å². The molecule has 0 amide bonds. The van der Waals surface area contributed by atoms with Crippen LogP contribution in [0.15, 0.2) is 0 Å². The van der Waals surface area contributed by atoms with E-state index in [-0.39, 0.29) is 5.97 Å². The van der Waals surface area contributed by atoms with E-state index in [1.807, 2.05) is 20.8 Å². The molecule has 0 heterocycles. The van der Waals surface area contributed by atoms with Crippen molar-refractivity contribution in [2.75, 3.05) is 65.9 Å². The first-order valence-electron chi connectivity index (χ1n) is 9.35. The van der Waals surface area contributed by atoms with Crippen LogP contribution in [-0.4, -0.2) is 76.8 Å². The fourth-order valence-electron chi connectivity index (χ4n) is 2.23. The maximum absolute atomic E-state index is 11.6. The van der Waals surface area contributed by atoms with Crippen molar-refractivity contribution in [2.45, 2.75) is 46.5 Å². The molecule has 0 radical (unpaired) electrons. The summed E-state index contributed by atoms with van der Waals surface area (Å²) in [6.45, 7) is 13.4. The summed E-state index contributed by atoms with van der Waals surface area (Å²) in [6, 6.07) is 0. The van der Waals surface area contributed by atoms with Crippen LogP contribution in [0.1, 0.15) is 46.5 Å². The Balaban J connectivity index is 3.84. The molecule has 0 atom stereocenters. The normalized spacial score (nSPS) is 11.2. The van der Waals surface area contributed by atoms with Gasteiger partial charge < -0.3 is 18.9 Å². The van der Waals surface area contributed by atoms with Crippen LogP contribution < -0.4 is 0 Å². The summed E-state index contributed by atoms with van der Waals surface area (Å²) in [5.41, 5.74) is 0. The van der Waals surface area contributed by atoms with Gasteiger partial charge >= 0.3 is 5.97 Å². The number of hydrogen-bond acceptors (Lipinski definition) is 6. The Morgan fingerprint density at radius 2 is 1.21 bits per heavy atom. The average Bonchev–Trinajstić information content (AvgIpc) is 2.58. The molecule has 0 spiro atoms. The Kier molecular flexibility index (Phi) is 18.1. The van der Waals surface area contributed by atoms with Gasteiger partial charge in [0.1, 0.15) is 6.61 Å². The molecule has 0 unspecified atom stereocenters. The lowest BCUT2D eigenvalue weighted by Crippen LogP contribution is -2.31. The van der Waals surface area contributed by atoms with Crippen LogP contribution in [0, 0.1) is 0 Å². The minimum atomic E-state index is -0.140. The second kappa shape index (κ2) is 18.6. The summed E-state index contributed by atoms with van der Waals surface area (Å²) < 4.78 is 21.3. The zero-order chi connectivity index (χ0) is 17.9. The van der Waals surface area contributed by atoms with Crippen molar-refractivity contribution in [3.63, 3.8) is 0 Å². The van der Waals surface area contributed by atoms with E-state index < -0.39 is 0 Å². The number of carbonyl (C=O) groups is 1. The van der Waals surface area contributed by atoms with Gasteiger partial charge in [-0.15, -0.1) is 0 Å². The lowest BCUT2D eigenvalue weighted by molar-refractivity contribution is -0.144. The molecule has 6 nitrogen and oxygen atoms in total. The van der Waals surface area contributed by atoms with Crippen molar-refractivity contribution in [1.29, 1.82) is 0 Å². The van der Waals surface area contributed by atoms with Crippen LogP contribution in [0.3, 0.4) is 0 Å². The van der Waals surface area contributed by atoms with E-state index in [4.69, 9.17) is 18.9 Å². The molecule has 0 N–H and O–H groups in total. The third-order valence-electron chi connectivity index (χ3n) is 3.48. The quantitative estimate of drug-likeness (QED) is 0.280.